The summed E-state index contributed by atoms with van der Waals surface area (Å²) in [6.45, 7) is -0.598. The van der Waals surface area contributed by atoms with Gasteiger partial charge in [0, 0.05) is 15.2 Å². The Morgan fingerprint density at radius 1 is 0.860 bits per heavy atom. The van der Waals surface area contributed by atoms with Crippen molar-refractivity contribution in [2.24, 2.45) is 11.8 Å². The Labute approximate surface area is 269 Å². The van der Waals surface area contributed by atoms with Gasteiger partial charge in [-0.1, -0.05) is 61.7 Å². The van der Waals surface area contributed by atoms with Gasteiger partial charge in [0.1, 0.15) is 18.0 Å². The Bertz CT molecular complexity index is 1570. The number of esters is 1. The number of nitrogens with zero attached hydrogens (tertiary/aromatic N) is 2. The Morgan fingerprint density at radius 3 is 2.09 bits per heavy atom. The van der Waals surface area contributed by atoms with Crippen molar-refractivity contribution in [3.8, 4) is 11.5 Å². The van der Waals surface area contributed by atoms with Crippen molar-refractivity contribution in [3.63, 3.8) is 0 Å². The molecule has 9 nitrogen and oxygen atoms in total. The van der Waals surface area contributed by atoms with E-state index in [0.717, 1.165) is 10.0 Å². The number of hydrogen-bond acceptors (Lipinski definition) is 7. The number of carbonyl (C=O) groups excluding carboxylic acids is 5. The number of amides is 3. The van der Waals surface area contributed by atoms with E-state index in [1.807, 2.05) is 0 Å². The molecule has 0 aromatic heterocycles. The van der Waals surface area contributed by atoms with Crippen molar-refractivity contribution < 1.29 is 33.4 Å². The standard InChI is InChI=1S/C31H25Br2ClN2O7/c1-42-20-6-4-5-18(13-20)31(41)43-19-11-9-17(10-12-19)27(37)16-35(28(38)21-7-2-3-8-26(21)34)36-29(39)22-14-24(32)25(33)15-23(22)30(36)40/h2-13,22-25H,14-16H2,1H3/t22-,23+,24+,25-. The van der Waals surface area contributed by atoms with Crippen LogP contribution in [0.1, 0.15) is 43.9 Å². The van der Waals surface area contributed by atoms with Gasteiger partial charge in [-0.15, -0.1) is 0 Å². The molecule has 222 valence electrons. The van der Waals surface area contributed by atoms with Crippen molar-refractivity contribution in [2.75, 3.05) is 13.7 Å². The molecule has 2 aliphatic rings. The van der Waals surface area contributed by atoms with Crippen LogP contribution in [0.3, 0.4) is 0 Å². The molecule has 1 aliphatic carbocycles. The van der Waals surface area contributed by atoms with Gasteiger partial charge in [0.15, 0.2) is 5.78 Å². The lowest BCUT2D eigenvalue weighted by Gasteiger charge is -2.30. The van der Waals surface area contributed by atoms with E-state index < -0.39 is 47.9 Å². The zero-order valence-electron chi connectivity index (χ0n) is 22.7. The molecule has 0 bridgehead atoms. The lowest BCUT2D eigenvalue weighted by Crippen LogP contribution is -2.52. The molecule has 12 heteroatoms. The quantitative estimate of drug-likeness (QED) is 0.0957. The average molecular weight is 733 g/mol. The van der Waals surface area contributed by atoms with E-state index in [2.05, 4.69) is 31.9 Å². The molecule has 5 rings (SSSR count). The van der Waals surface area contributed by atoms with Gasteiger partial charge in [-0.05, 0) is 67.4 Å². The summed E-state index contributed by atoms with van der Waals surface area (Å²) in [5.41, 5.74) is 0.505. The van der Waals surface area contributed by atoms with Crippen molar-refractivity contribution in [1.82, 2.24) is 10.0 Å². The van der Waals surface area contributed by atoms with Gasteiger partial charge in [0.25, 0.3) is 17.7 Å². The predicted molar refractivity (Wildman–Crippen MR) is 165 cm³/mol. The highest BCUT2D eigenvalue weighted by molar-refractivity contribution is 9.12. The SMILES string of the molecule is COc1cccc(C(=O)Oc2ccc(C(=O)CN(C(=O)c3ccccc3Cl)N3C(=O)[C@H]4C[C@@H](Br)[C@@H](Br)C[C@H]4C3=O)cc2)c1. The van der Waals surface area contributed by atoms with Gasteiger partial charge >= 0.3 is 5.97 Å². The number of imide groups is 1. The van der Waals surface area contributed by atoms with Crippen LogP contribution in [-0.4, -0.2) is 62.8 Å². The molecular weight excluding hydrogens is 708 g/mol. The monoisotopic (exact) mass is 730 g/mol. The number of hydrazine groups is 1. The molecule has 1 aliphatic heterocycles. The molecule has 0 radical (unpaired) electrons. The smallest absolute Gasteiger partial charge is 0.343 e. The number of hydrogen-bond donors (Lipinski definition) is 0. The number of halogens is 3. The van der Waals surface area contributed by atoms with Crippen LogP contribution >= 0.6 is 43.5 Å². The van der Waals surface area contributed by atoms with Gasteiger partial charge in [-0.25, -0.2) is 9.80 Å². The average Bonchev–Trinajstić information content (AvgIpc) is 3.24. The van der Waals surface area contributed by atoms with Crippen LogP contribution < -0.4 is 9.47 Å². The van der Waals surface area contributed by atoms with Crippen LogP contribution in [0.4, 0.5) is 0 Å². The number of ether oxygens (including phenoxy) is 2. The molecule has 3 aromatic rings. The molecule has 1 saturated carbocycles. The summed E-state index contributed by atoms with van der Waals surface area (Å²) in [6, 6.07) is 18.5. The molecule has 1 heterocycles. The van der Waals surface area contributed by atoms with Crippen molar-refractivity contribution in [1.29, 1.82) is 0 Å². The molecule has 4 atom stereocenters. The lowest BCUT2D eigenvalue weighted by atomic mass is 9.81. The molecule has 2 fully saturated rings. The molecule has 0 unspecified atom stereocenters. The van der Waals surface area contributed by atoms with Gasteiger partial charge < -0.3 is 9.47 Å². The second kappa shape index (κ2) is 13.0. The third-order valence-electron chi connectivity index (χ3n) is 7.45. The molecular formula is C31H25Br2ClN2O7. The van der Waals surface area contributed by atoms with E-state index >= 15 is 0 Å². The number of ketones is 1. The summed E-state index contributed by atoms with van der Waals surface area (Å²) in [4.78, 5) is 66.9. The van der Waals surface area contributed by atoms with Crippen LogP contribution in [0.15, 0.2) is 72.8 Å². The van der Waals surface area contributed by atoms with Crippen molar-refractivity contribution in [3.05, 3.63) is 94.5 Å². The minimum atomic E-state index is -0.756. The largest absolute Gasteiger partial charge is 0.497 e. The summed E-state index contributed by atoms with van der Waals surface area (Å²) in [6.07, 6.45) is 0.805. The number of methoxy groups -OCH3 is 1. The zero-order chi connectivity index (χ0) is 30.8. The third kappa shape index (κ3) is 6.39. The predicted octanol–water partition coefficient (Wildman–Crippen LogP) is 5.73. The van der Waals surface area contributed by atoms with Gasteiger partial charge in [0.05, 0.1) is 35.1 Å². The number of carbonyl (C=O) groups is 5. The van der Waals surface area contributed by atoms with E-state index in [9.17, 15) is 24.0 Å². The molecule has 0 spiro atoms. The first-order valence-electron chi connectivity index (χ1n) is 13.3. The van der Waals surface area contributed by atoms with Crippen LogP contribution in [-0.2, 0) is 9.59 Å². The number of Topliss-reactive ketones (excluding diaryl/α,β-unsaturated/α-hetero) is 1. The maximum absolute atomic E-state index is 13.8. The minimum absolute atomic E-state index is 0.0312. The Morgan fingerprint density at radius 2 is 1.49 bits per heavy atom. The highest BCUT2D eigenvalue weighted by atomic mass is 79.9. The Hall–Kier alpha value is -3.54. The summed E-state index contributed by atoms with van der Waals surface area (Å²) in [5, 5.41) is 1.81. The summed E-state index contributed by atoms with van der Waals surface area (Å²) in [5.74, 6) is -3.54. The van der Waals surface area contributed by atoms with Crippen LogP contribution in [0.2, 0.25) is 5.02 Å². The second-order valence-corrected chi connectivity index (χ2v) is 12.9. The Kier molecular flexibility index (Phi) is 9.33. The van der Waals surface area contributed by atoms with Gasteiger partial charge in [0.2, 0.25) is 0 Å². The Balaban J connectivity index is 1.38. The second-order valence-electron chi connectivity index (χ2n) is 10.1. The highest BCUT2D eigenvalue weighted by Gasteiger charge is 2.54. The van der Waals surface area contributed by atoms with Gasteiger partial charge in [-0.2, -0.15) is 5.01 Å². The number of rotatable bonds is 8. The summed E-state index contributed by atoms with van der Waals surface area (Å²) < 4.78 is 10.6. The fraction of sp³-hybridized carbons (Fsp3) is 0.258. The maximum atomic E-state index is 13.8. The van der Waals surface area contributed by atoms with E-state index in [-0.39, 0.29) is 37.1 Å². The van der Waals surface area contributed by atoms with Crippen LogP contribution in [0, 0.1) is 11.8 Å². The molecule has 43 heavy (non-hydrogen) atoms. The highest BCUT2D eigenvalue weighted by Crippen LogP contribution is 2.44. The first kappa shape index (κ1) is 30.9. The topological polar surface area (TPSA) is 110 Å². The normalized spacial score (nSPS) is 21.3. The van der Waals surface area contributed by atoms with Gasteiger partial charge in [-0.3, -0.25) is 19.2 Å². The van der Waals surface area contributed by atoms with Crippen LogP contribution in [0.5, 0.6) is 11.5 Å². The number of fused-ring (bicyclic) bond motifs is 1. The van der Waals surface area contributed by atoms with E-state index in [0.29, 0.717) is 18.6 Å². The van der Waals surface area contributed by atoms with E-state index in [1.165, 1.54) is 49.6 Å². The van der Waals surface area contributed by atoms with E-state index in [4.69, 9.17) is 21.1 Å². The summed E-state index contributed by atoms with van der Waals surface area (Å²) >= 11 is 13.4. The number of alkyl halides is 2. The molecule has 0 N–H and O–H groups in total. The fourth-order valence-electron chi connectivity index (χ4n) is 5.17. The van der Waals surface area contributed by atoms with E-state index in [1.54, 1.807) is 30.3 Å². The van der Waals surface area contributed by atoms with Crippen molar-refractivity contribution >= 4 is 72.9 Å². The molecule has 1 saturated heterocycles. The first-order chi connectivity index (χ1) is 20.6. The third-order valence-corrected chi connectivity index (χ3v) is 10.5. The minimum Gasteiger partial charge on any atom is -0.497 e. The van der Waals surface area contributed by atoms with Crippen LogP contribution in [0.25, 0.3) is 0 Å². The first-order valence-corrected chi connectivity index (χ1v) is 15.5. The lowest BCUT2D eigenvalue weighted by molar-refractivity contribution is -0.154. The van der Waals surface area contributed by atoms with Crippen molar-refractivity contribution in [2.45, 2.75) is 22.5 Å². The fourth-order valence-corrected chi connectivity index (χ4v) is 6.63. The zero-order valence-corrected chi connectivity index (χ0v) is 26.7. The molecule has 3 aromatic carbocycles. The summed E-state index contributed by atoms with van der Waals surface area (Å²) in [7, 11) is 1.49. The maximum Gasteiger partial charge on any atom is 0.343 e. The number of benzene rings is 3. The molecule has 3 amide bonds.